The van der Waals surface area contributed by atoms with Gasteiger partial charge in [0.1, 0.15) is 12.0 Å². The SMILES string of the molecule is O=C(OC[C@H]1SC(O)[C@H](F)[C@@H]1OC(=O)c1ccc(-c2ccccc2)cc1)c1ccc(-c2ccccc2)cc1. The molecule has 7 heteroatoms. The van der Waals surface area contributed by atoms with Gasteiger partial charge in [-0.15, -0.1) is 11.8 Å². The number of hydrogen-bond acceptors (Lipinski definition) is 6. The van der Waals surface area contributed by atoms with Crippen LogP contribution in [-0.4, -0.2) is 46.6 Å². The van der Waals surface area contributed by atoms with Gasteiger partial charge < -0.3 is 14.6 Å². The van der Waals surface area contributed by atoms with Crippen molar-refractivity contribution in [2.45, 2.75) is 23.0 Å². The molecule has 0 radical (unpaired) electrons. The fourth-order valence-corrected chi connectivity index (χ4v) is 5.44. The molecular formula is C31H25FO5S. The Balaban J connectivity index is 1.20. The standard InChI is InChI=1S/C31H25FO5S/c32-27-28(37-30(34)25-17-13-23(14-18-25)21-9-5-2-6-10-21)26(38-31(27)35)19-36-29(33)24-15-11-22(12-16-24)20-7-3-1-4-8-20/h1-18,26-28,31,35H,19H2/t26-,27-,28-,31?/m1/s1. The summed E-state index contributed by atoms with van der Waals surface area (Å²) in [6, 6.07) is 33.2. The molecule has 5 nitrogen and oxygen atoms in total. The van der Waals surface area contributed by atoms with Crippen LogP contribution < -0.4 is 0 Å². The summed E-state index contributed by atoms with van der Waals surface area (Å²) in [5.41, 5.74) is 3.14. The zero-order chi connectivity index (χ0) is 26.5. The number of hydrogen-bond donors (Lipinski definition) is 1. The number of rotatable bonds is 7. The molecule has 1 heterocycles. The quantitative estimate of drug-likeness (QED) is 0.289. The van der Waals surface area contributed by atoms with Gasteiger partial charge in [-0.1, -0.05) is 84.9 Å². The Kier molecular flexibility index (Phi) is 7.86. The Morgan fingerprint density at radius 1 is 0.684 bits per heavy atom. The van der Waals surface area contributed by atoms with Crippen LogP contribution >= 0.6 is 11.8 Å². The Morgan fingerprint density at radius 2 is 1.13 bits per heavy atom. The van der Waals surface area contributed by atoms with Gasteiger partial charge in [-0.3, -0.25) is 0 Å². The second kappa shape index (κ2) is 11.6. The van der Waals surface area contributed by atoms with Gasteiger partial charge in [0, 0.05) is 0 Å². The normalized spacial score (nSPS) is 20.6. The Labute approximate surface area is 224 Å². The van der Waals surface area contributed by atoms with Crippen LogP contribution in [0.5, 0.6) is 0 Å². The number of halogens is 1. The van der Waals surface area contributed by atoms with Crippen LogP contribution in [0.1, 0.15) is 20.7 Å². The number of carbonyl (C=O) groups excluding carboxylic acids is 2. The predicted molar refractivity (Wildman–Crippen MR) is 146 cm³/mol. The maximum Gasteiger partial charge on any atom is 0.338 e. The largest absolute Gasteiger partial charge is 0.461 e. The van der Waals surface area contributed by atoms with Crippen LogP contribution in [0.15, 0.2) is 109 Å². The summed E-state index contributed by atoms with van der Waals surface area (Å²) in [5, 5.41) is 9.31. The fraction of sp³-hybridized carbons (Fsp3) is 0.161. The van der Waals surface area contributed by atoms with E-state index < -0.39 is 34.9 Å². The third-order valence-corrected chi connectivity index (χ3v) is 7.64. The zero-order valence-corrected chi connectivity index (χ0v) is 21.1. The lowest BCUT2D eigenvalue weighted by Gasteiger charge is -2.20. The van der Waals surface area contributed by atoms with E-state index in [1.165, 1.54) is 0 Å². The number of aliphatic hydroxyl groups excluding tert-OH is 1. The number of ether oxygens (including phenoxy) is 2. The minimum Gasteiger partial charge on any atom is -0.461 e. The van der Waals surface area contributed by atoms with E-state index in [0.29, 0.717) is 5.56 Å². The van der Waals surface area contributed by atoms with E-state index in [9.17, 15) is 19.1 Å². The maximum atomic E-state index is 14.8. The first-order chi connectivity index (χ1) is 18.5. The molecule has 5 rings (SSSR count). The summed E-state index contributed by atoms with van der Waals surface area (Å²) < 4.78 is 25.6. The number of thioether (sulfide) groups is 1. The van der Waals surface area contributed by atoms with E-state index in [2.05, 4.69) is 0 Å². The Morgan fingerprint density at radius 3 is 1.63 bits per heavy atom. The Hall–Kier alpha value is -3.94. The molecule has 4 atom stereocenters. The summed E-state index contributed by atoms with van der Waals surface area (Å²) in [6.45, 7) is -0.216. The van der Waals surface area contributed by atoms with Crippen LogP contribution in [0.25, 0.3) is 22.3 Å². The lowest BCUT2D eigenvalue weighted by Crippen LogP contribution is -2.36. The topological polar surface area (TPSA) is 72.8 Å². The van der Waals surface area contributed by atoms with Crippen molar-refractivity contribution in [3.63, 3.8) is 0 Å². The second-order valence-electron chi connectivity index (χ2n) is 8.86. The van der Waals surface area contributed by atoms with Crippen LogP contribution in [0.2, 0.25) is 0 Å². The second-order valence-corrected chi connectivity index (χ2v) is 10.2. The summed E-state index contributed by atoms with van der Waals surface area (Å²) in [6.07, 6.45) is -3.06. The number of alkyl halides is 1. The van der Waals surface area contributed by atoms with E-state index in [-0.39, 0.29) is 12.2 Å². The van der Waals surface area contributed by atoms with Crippen LogP contribution in [0.4, 0.5) is 4.39 Å². The summed E-state index contributed by atoms with van der Waals surface area (Å²) in [5.74, 6) is -1.29. The van der Waals surface area contributed by atoms with E-state index in [4.69, 9.17) is 9.47 Å². The summed E-state index contributed by atoms with van der Waals surface area (Å²) in [7, 11) is 0. The van der Waals surface area contributed by atoms with Crippen molar-refractivity contribution in [1.29, 1.82) is 0 Å². The molecule has 0 aliphatic carbocycles. The molecule has 0 saturated carbocycles. The summed E-state index contributed by atoms with van der Waals surface area (Å²) in [4.78, 5) is 25.4. The van der Waals surface area contributed by atoms with Gasteiger partial charge in [0.25, 0.3) is 0 Å². The van der Waals surface area contributed by atoms with Gasteiger partial charge in [-0.2, -0.15) is 0 Å². The van der Waals surface area contributed by atoms with Crippen molar-refractivity contribution in [3.05, 3.63) is 120 Å². The molecule has 1 fully saturated rings. The minimum atomic E-state index is -1.80. The molecule has 0 spiro atoms. The third kappa shape index (κ3) is 5.79. The maximum absolute atomic E-state index is 14.8. The molecule has 192 valence electrons. The molecule has 1 unspecified atom stereocenters. The van der Waals surface area contributed by atoms with Crippen molar-refractivity contribution in [2.75, 3.05) is 6.61 Å². The fourth-order valence-electron chi connectivity index (χ4n) is 4.27. The number of aliphatic hydroxyl groups is 1. The smallest absolute Gasteiger partial charge is 0.338 e. The highest BCUT2D eigenvalue weighted by Gasteiger charge is 2.47. The number of benzene rings is 4. The molecule has 0 amide bonds. The van der Waals surface area contributed by atoms with Crippen LogP contribution in [0, 0.1) is 0 Å². The Bertz CT molecular complexity index is 1380. The van der Waals surface area contributed by atoms with E-state index in [0.717, 1.165) is 34.0 Å². The molecule has 1 aliphatic rings. The monoisotopic (exact) mass is 528 g/mol. The average Bonchev–Trinajstić information content (AvgIpc) is 3.24. The molecule has 4 aromatic rings. The van der Waals surface area contributed by atoms with E-state index in [1.54, 1.807) is 36.4 Å². The van der Waals surface area contributed by atoms with Crippen molar-refractivity contribution >= 4 is 23.7 Å². The van der Waals surface area contributed by atoms with E-state index >= 15 is 0 Å². The molecule has 0 bridgehead atoms. The van der Waals surface area contributed by atoms with Gasteiger partial charge >= 0.3 is 11.9 Å². The molecule has 1 saturated heterocycles. The third-order valence-electron chi connectivity index (χ3n) is 6.34. The van der Waals surface area contributed by atoms with Crippen LogP contribution in [-0.2, 0) is 9.47 Å². The average molecular weight is 529 g/mol. The first-order valence-corrected chi connectivity index (χ1v) is 13.1. The minimum absolute atomic E-state index is 0.216. The summed E-state index contributed by atoms with van der Waals surface area (Å²) >= 11 is 0.882. The van der Waals surface area contributed by atoms with Gasteiger partial charge in [-0.25, -0.2) is 14.0 Å². The molecule has 4 aromatic carbocycles. The van der Waals surface area contributed by atoms with Crippen molar-refractivity contribution in [2.24, 2.45) is 0 Å². The van der Waals surface area contributed by atoms with Gasteiger partial charge in [0.05, 0.1) is 16.4 Å². The molecule has 38 heavy (non-hydrogen) atoms. The van der Waals surface area contributed by atoms with Gasteiger partial charge in [0.2, 0.25) is 0 Å². The van der Waals surface area contributed by atoms with Crippen molar-refractivity contribution in [1.82, 2.24) is 0 Å². The van der Waals surface area contributed by atoms with Crippen molar-refractivity contribution < 1.29 is 28.6 Å². The first-order valence-electron chi connectivity index (χ1n) is 12.2. The lowest BCUT2D eigenvalue weighted by atomic mass is 10.0. The molecule has 0 aromatic heterocycles. The zero-order valence-electron chi connectivity index (χ0n) is 20.3. The first kappa shape index (κ1) is 25.7. The van der Waals surface area contributed by atoms with Gasteiger partial charge in [-0.05, 0) is 46.5 Å². The molecule has 1 aliphatic heterocycles. The molecule has 1 N–H and O–H groups in total. The number of carbonyl (C=O) groups is 2. The highest BCUT2D eigenvalue weighted by Crippen LogP contribution is 2.37. The highest BCUT2D eigenvalue weighted by atomic mass is 32.2. The van der Waals surface area contributed by atoms with E-state index in [1.807, 2.05) is 72.8 Å². The highest BCUT2D eigenvalue weighted by molar-refractivity contribution is 8.00. The van der Waals surface area contributed by atoms with Gasteiger partial charge in [0.15, 0.2) is 12.3 Å². The predicted octanol–water partition coefficient (Wildman–Crippen LogP) is 6.17. The van der Waals surface area contributed by atoms with Crippen molar-refractivity contribution in [3.8, 4) is 22.3 Å². The lowest BCUT2D eigenvalue weighted by molar-refractivity contribution is -0.0112. The number of esters is 2. The van der Waals surface area contributed by atoms with Crippen LogP contribution in [0.3, 0.4) is 0 Å². The molecular weight excluding hydrogens is 503 g/mol.